The van der Waals surface area contributed by atoms with Crippen molar-refractivity contribution in [3.05, 3.63) is 65.2 Å². The molecule has 2 aromatic carbocycles. The van der Waals surface area contributed by atoms with Gasteiger partial charge in [-0.1, -0.05) is 42.0 Å². The maximum absolute atomic E-state index is 12.1. The number of hydrogen-bond donors (Lipinski definition) is 1. The van der Waals surface area contributed by atoms with E-state index in [4.69, 9.17) is 4.74 Å². The molecule has 0 atom stereocenters. The van der Waals surface area contributed by atoms with Crippen LogP contribution in [0, 0.1) is 6.92 Å². The van der Waals surface area contributed by atoms with Gasteiger partial charge >= 0.3 is 0 Å². The molecule has 0 spiro atoms. The molecule has 1 N–H and O–H groups in total. The number of aryl methyl sites for hydroxylation is 2. The summed E-state index contributed by atoms with van der Waals surface area (Å²) < 4.78 is 31.9. The third-order valence-electron chi connectivity index (χ3n) is 3.37. The smallest absolute Gasteiger partial charge is 0.212 e. The fourth-order valence-electron chi connectivity index (χ4n) is 2.17. The van der Waals surface area contributed by atoms with Crippen molar-refractivity contribution in [3.63, 3.8) is 0 Å². The first-order valence-corrected chi connectivity index (χ1v) is 8.79. The van der Waals surface area contributed by atoms with Gasteiger partial charge in [-0.2, -0.15) is 0 Å². The fourth-order valence-corrected chi connectivity index (χ4v) is 3.20. The number of ether oxygens (including phenoxy) is 1. The van der Waals surface area contributed by atoms with Crippen molar-refractivity contribution in [2.24, 2.45) is 0 Å². The largest absolute Gasteiger partial charge is 0.497 e. The molecule has 0 radical (unpaired) electrons. The molecule has 0 aliphatic carbocycles. The summed E-state index contributed by atoms with van der Waals surface area (Å²) in [6, 6.07) is 15.3. The lowest BCUT2D eigenvalue weighted by atomic mass is 10.1. The molecule has 0 amide bonds. The summed E-state index contributed by atoms with van der Waals surface area (Å²) in [7, 11) is -1.70. The maximum Gasteiger partial charge on any atom is 0.212 e. The summed E-state index contributed by atoms with van der Waals surface area (Å²) in [6.45, 7) is 2.31. The third kappa shape index (κ3) is 5.16. The lowest BCUT2D eigenvalue weighted by Gasteiger charge is -2.08. The maximum atomic E-state index is 12.1. The SMILES string of the molecule is COc1cccc(CCS(=O)(=O)NCc2cccc(C)c2)c1. The van der Waals surface area contributed by atoms with Crippen LogP contribution in [0.5, 0.6) is 5.75 Å². The standard InChI is InChI=1S/C17H21NO3S/c1-14-5-3-7-16(11-14)13-18-22(19,20)10-9-15-6-4-8-17(12-15)21-2/h3-8,11-12,18H,9-10,13H2,1-2H3. The Morgan fingerprint density at radius 3 is 2.50 bits per heavy atom. The van der Waals surface area contributed by atoms with Crippen molar-refractivity contribution in [2.75, 3.05) is 12.9 Å². The van der Waals surface area contributed by atoms with Gasteiger partial charge in [-0.15, -0.1) is 0 Å². The Hall–Kier alpha value is -1.85. The summed E-state index contributed by atoms with van der Waals surface area (Å²) in [5.74, 6) is 0.800. The van der Waals surface area contributed by atoms with Crippen LogP contribution in [-0.4, -0.2) is 21.3 Å². The van der Waals surface area contributed by atoms with E-state index in [-0.39, 0.29) is 5.75 Å². The second-order valence-electron chi connectivity index (χ2n) is 5.23. The number of methoxy groups -OCH3 is 1. The van der Waals surface area contributed by atoms with Gasteiger partial charge in [0.2, 0.25) is 10.0 Å². The Morgan fingerprint density at radius 2 is 1.77 bits per heavy atom. The molecule has 22 heavy (non-hydrogen) atoms. The van der Waals surface area contributed by atoms with E-state index >= 15 is 0 Å². The Labute approximate surface area is 132 Å². The van der Waals surface area contributed by atoms with Crippen LogP contribution in [0.4, 0.5) is 0 Å². The third-order valence-corrected chi connectivity index (χ3v) is 4.70. The number of hydrogen-bond acceptors (Lipinski definition) is 3. The quantitative estimate of drug-likeness (QED) is 0.853. The van der Waals surface area contributed by atoms with Gasteiger partial charge in [-0.3, -0.25) is 0 Å². The average Bonchev–Trinajstić information content (AvgIpc) is 2.52. The van der Waals surface area contributed by atoms with E-state index in [0.29, 0.717) is 13.0 Å². The van der Waals surface area contributed by atoms with Crippen LogP contribution in [0.15, 0.2) is 48.5 Å². The minimum absolute atomic E-state index is 0.0615. The molecule has 0 fully saturated rings. The zero-order valence-electron chi connectivity index (χ0n) is 12.9. The summed E-state index contributed by atoms with van der Waals surface area (Å²) in [4.78, 5) is 0. The van der Waals surface area contributed by atoms with E-state index in [1.54, 1.807) is 7.11 Å². The molecular formula is C17H21NO3S. The van der Waals surface area contributed by atoms with Gasteiger partial charge in [-0.05, 0) is 36.6 Å². The van der Waals surface area contributed by atoms with Crippen molar-refractivity contribution in [1.82, 2.24) is 4.72 Å². The number of benzene rings is 2. The Balaban J connectivity index is 1.90. The molecule has 0 aliphatic rings. The summed E-state index contributed by atoms with van der Waals surface area (Å²) in [5, 5.41) is 0. The normalized spacial score (nSPS) is 11.4. The van der Waals surface area contributed by atoms with Crippen LogP contribution in [0.3, 0.4) is 0 Å². The van der Waals surface area contributed by atoms with Crippen LogP contribution in [-0.2, 0) is 23.0 Å². The summed E-state index contributed by atoms with van der Waals surface area (Å²) >= 11 is 0. The Bertz CT molecular complexity index is 726. The second kappa shape index (κ2) is 7.42. The molecule has 0 heterocycles. The molecule has 0 saturated carbocycles. The summed E-state index contributed by atoms with van der Waals surface area (Å²) in [6.07, 6.45) is 0.459. The lowest BCUT2D eigenvalue weighted by Crippen LogP contribution is -2.26. The number of nitrogens with one attached hydrogen (secondary N) is 1. The van der Waals surface area contributed by atoms with E-state index in [1.807, 2.05) is 55.5 Å². The van der Waals surface area contributed by atoms with Crippen molar-refractivity contribution in [1.29, 1.82) is 0 Å². The number of rotatable bonds is 7. The predicted octanol–water partition coefficient (Wildman–Crippen LogP) is 2.67. The molecular weight excluding hydrogens is 298 g/mol. The van der Waals surface area contributed by atoms with Crippen LogP contribution in [0.2, 0.25) is 0 Å². The van der Waals surface area contributed by atoms with Gasteiger partial charge in [0, 0.05) is 6.54 Å². The van der Waals surface area contributed by atoms with Gasteiger partial charge in [0.1, 0.15) is 5.75 Å². The van der Waals surface area contributed by atoms with Crippen molar-refractivity contribution >= 4 is 10.0 Å². The first-order chi connectivity index (χ1) is 10.5. The zero-order valence-corrected chi connectivity index (χ0v) is 13.7. The van der Waals surface area contributed by atoms with Gasteiger partial charge in [0.15, 0.2) is 0 Å². The first-order valence-electron chi connectivity index (χ1n) is 7.14. The second-order valence-corrected chi connectivity index (χ2v) is 7.16. The van der Waals surface area contributed by atoms with E-state index in [9.17, 15) is 8.42 Å². The van der Waals surface area contributed by atoms with E-state index in [0.717, 1.165) is 22.4 Å². The zero-order chi connectivity index (χ0) is 16.0. The highest BCUT2D eigenvalue weighted by Crippen LogP contribution is 2.13. The molecule has 0 aliphatic heterocycles. The van der Waals surface area contributed by atoms with E-state index < -0.39 is 10.0 Å². The van der Waals surface area contributed by atoms with Gasteiger partial charge in [0.05, 0.1) is 12.9 Å². The minimum Gasteiger partial charge on any atom is -0.497 e. The highest BCUT2D eigenvalue weighted by Gasteiger charge is 2.10. The highest BCUT2D eigenvalue weighted by molar-refractivity contribution is 7.89. The van der Waals surface area contributed by atoms with Gasteiger partial charge in [-0.25, -0.2) is 13.1 Å². The Morgan fingerprint density at radius 1 is 1.05 bits per heavy atom. The predicted molar refractivity (Wildman–Crippen MR) is 88.5 cm³/mol. The van der Waals surface area contributed by atoms with E-state index in [1.165, 1.54) is 0 Å². The molecule has 0 saturated heterocycles. The monoisotopic (exact) mass is 319 g/mol. The lowest BCUT2D eigenvalue weighted by molar-refractivity contribution is 0.414. The van der Waals surface area contributed by atoms with Crippen molar-refractivity contribution in [3.8, 4) is 5.75 Å². The molecule has 4 nitrogen and oxygen atoms in total. The molecule has 0 bridgehead atoms. The van der Waals surface area contributed by atoms with Crippen LogP contribution in [0.25, 0.3) is 0 Å². The first kappa shape index (κ1) is 16.5. The molecule has 118 valence electrons. The molecule has 2 rings (SSSR count). The highest BCUT2D eigenvalue weighted by atomic mass is 32.2. The molecule has 0 unspecified atom stereocenters. The van der Waals surface area contributed by atoms with Crippen molar-refractivity contribution in [2.45, 2.75) is 19.9 Å². The summed E-state index contributed by atoms with van der Waals surface area (Å²) in [5.41, 5.74) is 3.03. The fraction of sp³-hybridized carbons (Fsp3) is 0.294. The van der Waals surface area contributed by atoms with Gasteiger partial charge < -0.3 is 4.74 Å². The van der Waals surface area contributed by atoms with Gasteiger partial charge in [0.25, 0.3) is 0 Å². The molecule has 5 heteroatoms. The molecule has 0 aromatic heterocycles. The van der Waals surface area contributed by atoms with Crippen LogP contribution < -0.4 is 9.46 Å². The Kier molecular flexibility index (Phi) is 5.57. The molecule has 2 aromatic rings. The topological polar surface area (TPSA) is 55.4 Å². The number of sulfonamides is 1. The van der Waals surface area contributed by atoms with Crippen LogP contribution >= 0.6 is 0 Å². The average molecular weight is 319 g/mol. The minimum atomic E-state index is -3.30. The van der Waals surface area contributed by atoms with Crippen LogP contribution in [0.1, 0.15) is 16.7 Å². The van der Waals surface area contributed by atoms with E-state index in [2.05, 4.69) is 4.72 Å². The van der Waals surface area contributed by atoms with Crippen molar-refractivity contribution < 1.29 is 13.2 Å².